The molecule has 0 aliphatic heterocycles. The summed E-state index contributed by atoms with van der Waals surface area (Å²) in [4.78, 5) is 10.5. The summed E-state index contributed by atoms with van der Waals surface area (Å²) in [7, 11) is 0. The van der Waals surface area contributed by atoms with Crippen molar-refractivity contribution in [1.82, 2.24) is 0 Å². The highest BCUT2D eigenvalue weighted by Gasteiger charge is 2.14. The first-order valence-corrected chi connectivity index (χ1v) is 4.61. The van der Waals surface area contributed by atoms with Gasteiger partial charge in [0.05, 0.1) is 0 Å². The largest absolute Gasteiger partial charge is 0.480 e. The van der Waals surface area contributed by atoms with Gasteiger partial charge in [-0.1, -0.05) is 20.3 Å². The molecule has 1 atom stereocenters. The lowest BCUT2D eigenvalue weighted by molar-refractivity contribution is -0.136. The summed E-state index contributed by atoms with van der Waals surface area (Å²) in [5, 5.41) is 8.43. The summed E-state index contributed by atoms with van der Waals surface area (Å²) in [5.74, 6) is 0.213. The Morgan fingerprint density at radius 2 is 2.20 bits per heavy atom. The van der Waals surface area contributed by atoms with E-state index >= 15 is 0 Å². The first-order chi connectivity index (χ1) is 4.72. The van der Waals surface area contributed by atoms with Crippen LogP contribution in [-0.4, -0.2) is 22.1 Å². The summed E-state index contributed by atoms with van der Waals surface area (Å²) >= 11 is 1.51. The second kappa shape index (κ2) is 5.59. The van der Waals surface area contributed by atoms with E-state index in [9.17, 15) is 4.79 Å². The van der Waals surface area contributed by atoms with Crippen LogP contribution in [0.15, 0.2) is 0 Å². The van der Waals surface area contributed by atoms with Gasteiger partial charge in [-0.25, -0.2) is 0 Å². The van der Waals surface area contributed by atoms with Crippen LogP contribution in [0, 0.1) is 0 Å². The minimum absolute atomic E-state index is 0.185. The molecule has 2 nitrogen and oxygen atoms in total. The molecule has 3 heteroatoms. The molecular formula is C7H14O2S. The molecule has 0 spiro atoms. The van der Waals surface area contributed by atoms with Crippen molar-refractivity contribution < 1.29 is 9.90 Å². The maximum Gasteiger partial charge on any atom is 0.316 e. The quantitative estimate of drug-likeness (QED) is 0.671. The highest BCUT2D eigenvalue weighted by Crippen LogP contribution is 2.15. The van der Waals surface area contributed by atoms with Crippen LogP contribution in [0.25, 0.3) is 0 Å². The SMILES string of the molecule is CCC[C@@H](SCC)C(=O)O. The first-order valence-electron chi connectivity index (χ1n) is 3.56. The molecule has 0 saturated carbocycles. The number of rotatable bonds is 5. The Morgan fingerprint density at radius 3 is 2.50 bits per heavy atom. The van der Waals surface area contributed by atoms with E-state index in [1.165, 1.54) is 11.8 Å². The number of hydrogen-bond donors (Lipinski definition) is 1. The van der Waals surface area contributed by atoms with E-state index in [1.54, 1.807) is 0 Å². The van der Waals surface area contributed by atoms with E-state index < -0.39 is 5.97 Å². The highest BCUT2D eigenvalue weighted by atomic mass is 32.2. The molecule has 0 fully saturated rings. The van der Waals surface area contributed by atoms with Gasteiger partial charge in [0, 0.05) is 0 Å². The molecule has 10 heavy (non-hydrogen) atoms. The summed E-state index contributed by atoms with van der Waals surface area (Å²) in [6.45, 7) is 3.99. The van der Waals surface area contributed by atoms with Crippen molar-refractivity contribution in [2.45, 2.75) is 31.9 Å². The second-order valence-electron chi connectivity index (χ2n) is 2.07. The maximum atomic E-state index is 10.5. The fourth-order valence-corrected chi connectivity index (χ4v) is 1.69. The fourth-order valence-electron chi connectivity index (χ4n) is 0.741. The zero-order chi connectivity index (χ0) is 7.98. The van der Waals surface area contributed by atoms with E-state index in [2.05, 4.69) is 0 Å². The topological polar surface area (TPSA) is 37.3 Å². The Labute approximate surface area is 66.0 Å². The molecule has 1 N–H and O–H groups in total. The van der Waals surface area contributed by atoms with Gasteiger partial charge in [0.15, 0.2) is 0 Å². The number of carboxylic acids is 1. The minimum Gasteiger partial charge on any atom is -0.480 e. The van der Waals surface area contributed by atoms with E-state index in [1.807, 2.05) is 13.8 Å². The van der Waals surface area contributed by atoms with E-state index in [4.69, 9.17) is 5.11 Å². The molecule has 60 valence electrons. The number of carbonyl (C=O) groups is 1. The van der Waals surface area contributed by atoms with Crippen LogP contribution in [0.4, 0.5) is 0 Å². The highest BCUT2D eigenvalue weighted by molar-refractivity contribution is 8.00. The molecule has 0 unspecified atom stereocenters. The van der Waals surface area contributed by atoms with Crippen LogP contribution in [0.3, 0.4) is 0 Å². The zero-order valence-electron chi connectivity index (χ0n) is 6.46. The van der Waals surface area contributed by atoms with Gasteiger partial charge < -0.3 is 5.11 Å². The van der Waals surface area contributed by atoms with Crippen molar-refractivity contribution in [3.63, 3.8) is 0 Å². The Morgan fingerprint density at radius 1 is 1.60 bits per heavy atom. The van der Waals surface area contributed by atoms with Crippen LogP contribution in [0.1, 0.15) is 26.7 Å². The van der Waals surface area contributed by atoms with Gasteiger partial charge in [0.2, 0.25) is 0 Å². The van der Waals surface area contributed by atoms with Gasteiger partial charge in [0.1, 0.15) is 5.25 Å². The Kier molecular flexibility index (Phi) is 5.49. The number of thioether (sulfide) groups is 1. The molecule has 0 aromatic carbocycles. The van der Waals surface area contributed by atoms with E-state index in [0.717, 1.165) is 18.6 Å². The third-order valence-corrected chi connectivity index (χ3v) is 2.37. The lowest BCUT2D eigenvalue weighted by Crippen LogP contribution is -2.15. The predicted octanol–water partition coefficient (Wildman–Crippen LogP) is 1.99. The molecule has 0 aromatic rings. The first kappa shape index (κ1) is 9.82. The Balaban J connectivity index is 3.61. The monoisotopic (exact) mass is 162 g/mol. The van der Waals surface area contributed by atoms with Crippen LogP contribution in [0.2, 0.25) is 0 Å². The molecule has 0 radical (unpaired) electrons. The molecule has 0 saturated heterocycles. The Bertz CT molecular complexity index is 97.8. The predicted molar refractivity (Wildman–Crippen MR) is 44.5 cm³/mol. The van der Waals surface area contributed by atoms with E-state index in [-0.39, 0.29) is 5.25 Å². The number of aliphatic carboxylic acids is 1. The lowest BCUT2D eigenvalue weighted by Gasteiger charge is -2.07. The third kappa shape index (κ3) is 3.77. The summed E-state index contributed by atoms with van der Waals surface area (Å²) < 4.78 is 0. The lowest BCUT2D eigenvalue weighted by atomic mass is 10.2. The molecule has 0 rings (SSSR count). The average molecular weight is 162 g/mol. The van der Waals surface area contributed by atoms with E-state index in [0.29, 0.717) is 0 Å². The summed E-state index contributed by atoms with van der Waals surface area (Å²) in [6, 6.07) is 0. The van der Waals surface area contributed by atoms with Crippen molar-refractivity contribution in [2.24, 2.45) is 0 Å². The van der Waals surface area contributed by atoms with Crippen molar-refractivity contribution >= 4 is 17.7 Å². The minimum atomic E-state index is -0.672. The Hall–Kier alpha value is -0.180. The average Bonchev–Trinajstić information content (AvgIpc) is 1.87. The van der Waals surface area contributed by atoms with Crippen molar-refractivity contribution in [3.8, 4) is 0 Å². The number of carboxylic acid groups (broad SMARTS) is 1. The smallest absolute Gasteiger partial charge is 0.316 e. The second-order valence-corrected chi connectivity index (χ2v) is 3.55. The van der Waals surface area contributed by atoms with Gasteiger partial charge in [-0.05, 0) is 12.2 Å². The van der Waals surface area contributed by atoms with Gasteiger partial charge in [-0.3, -0.25) is 4.79 Å². The summed E-state index contributed by atoms with van der Waals surface area (Å²) in [5.41, 5.74) is 0. The van der Waals surface area contributed by atoms with Gasteiger partial charge in [0.25, 0.3) is 0 Å². The third-order valence-electron chi connectivity index (χ3n) is 1.19. The van der Waals surface area contributed by atoms with Crippen molar-refractivity contribution in [2.75, 3.05) is 5.75 Å². The maximum absolute atomic E-state index is 10.5. The molecule has 0 aliphatic rings. The van der Waals surface area contributed by atoms with Crippen LogP contribution < -0.4 is 0 Å². The molecule has 0 aliphatic carbocycles. The van der Waals surface area contributed by atoms with Gasteiger partial charge >= 0.3 is 5.97 Å². The normalized spacial score (nSPS) is 13.0. The molecular weight excluding hydrogens is 148 g/mol. The van der Waals surface area contributed by atoms with Crippen LogP contribution in [0.5, 0.6) is 0 Å². The standard InChI is InChI=1S/C7H14O2S/c1-3-5-6(7(8)9)10-4-2/h6H,3-5H2,1-2H3,(H,8,9)/t6-/m1/s1. The number of hydrogen-bond acceptors (Lipinski definition) is 2. The van der Waals surface area contributed by atoms with Crippen LogP contribution in [-0.2, 0) is 4.79 Å². The zero-order valence-corrected chi connectivity index (χ0v) is 7.28. The molecule has 0 bridgehead atoms. The van der Waals surface area contributed by atoms with Gasteiger partial charge in [-0.15, -0.1) is 11.8 Å². The molecule has 0 aromatic heterocycles. The molecule has 0 heterocycles. The molecule has 0 amide bonds. The van der Waals surface area contributed by atoms with Gasteiger partial charge in [-0.2, -0.15) is 0 Å². The summed E-state index contributed by atoms with van der Waals surface area (Å²) in [6.07, 6.45) is 1.73. The van der Waals surface area contributed by atoms with Crippen molar-refractivity contribution in [3.05, 3.63) is 0 Å². The van der Waals surface area contributed by atoms with Crippen molar-refractivity contribution in [1.29, 1.82) is 0 Å². The fraction of sp³-hybridized carbons (Fsp3) is 0.857. The van der Waals surface area contributed by atoms with Crippen LogP contribution >= 0.6 is 11.8 Å².